The van der Waals surface area contributed by atoms with E-state index in [9.17, 15) is 27.6 Å². The monoisotopic (exact) mass is 495 g/mol. The van der Waals surface area contributed by atoms with Gasteiger partial charge in [-0.05, 0) is 25.5 Å². The number of anilines is 2. The Kier molecular flexibility index (Phi) is 7.00. The minimum Gasteiger partial charge on any atom is -0.354 e. The van der Waals surface area contributed by atoms with E-state index in [0.717, 1.165) is 22.4 Å². The number of halogens is 3. The maximum atomic E-state index is 12.9. The smallest absolute Gasteiger partial charge is 0.354 e. The summed E-state index contributed by atoms with van der Waals surface area (Å²) >= 11 is 1.12. The third-order valence-corrected chi connectivity index (χ3v) is 5.75. The Morgan fingerprint density at radius 1 is 1.29 bits per heavy atom. The molecule has 34 heavy (non-hydrogen) atoms. The van der Waals surface area contributed by atoms with Crippen LogP contribution >= 0.6 is 11.3 Å². The molecule has 0 aliphatic rings. The maximum absolute atomic E-state index is 12.9. The average Bonchev–Trinajstić information content (AvgIpc) is 3.44. The molecule has 0 saturated heterocycles. The van der Waals surface area contributed by atoms with E-state index in [0.29, 0.717) is 17.0 Å². The molecule has 3 aromatic rings. The normalized spacial score (nSPS) is 12.2. The van der Waals surface area contributed by atoms with Crippen molar-refractivity contribution in [2.24, 2.45) is 0 Å². The number of aromatic nitrogens is 4. The lowest BCUT2D eigenvalue weighted by Crippen LogP contribution is -2.30. The molecular weight excluding hydrogens is 475 g/mol. The lowest BCUT2D eigenvalue weighted by molar-refractivity contribution is -0.141. The topological polar surface area (TPSA) is 122 Å². The molecule has 0 aliphatic heterocycles. The third-order valence-electron chi connectivity index (χ3n) is 4.85. The van der Waals surface area contributed by atoms with E-state index in [4.69, 9.17) is 0 Å². The molecule has 3 amide bonds. The second-order valence-corrected chi connectivity index (χ2v) is 8.07. The van der Waals surface area contributed by atoms with Gasteiger partial charge in [0.1, 0.15) is 22.6 Å². The quantitative estimate of drug-likeness (QED) is 0.486. The molecule has 2 N–H and O–H groups in total. The Morgan fingerprint density at radius 3 is 2.59 bits per heavy atom. The minimum atomic E-state index is -4.55. The number of thiazole rings is 1. The summed E-state index contributed by atoms with van der Waals surface area (Å²) in [7, 11) is 2.83. The van der Waals surface area contributed by atoms with E-state index < -0.39 is 29.7 Å². The second-order valence-electron chi connectivity index (χ2n) is 7.21. The number of hydrogen-bond donors (Lipinski definition) is 2. The number of alkyl halides is 3. The van der Waals surface area contributed by atoms with E-state index in [2.05, 4.69) is 25.6 Å². The van der Waals surface area contributed by atoms with Crippen LogP contribution in [0.4, 0.5) is 24.8 Å². The summed E-state index contributed by atoms with van der Waals surface area (Å²) in [5.74, 6) is -0.806. The highest BCUT2D eigenvalue weighted by Crippen LogP contribution is 2.33. The van der Waals surface area contributed by atoms with Gasteiger partial charge in [0, 0.05) is 31.2 Å². The zero-order chi connectivity index (χ0) is 25.2. The van der Waals surface area contributed by atoms with Crippen molar-refractivity contribution in [1.82, 2.24) is 24.8 Å². The van der Waals surface area contributed by atoms with Crippen molar-refractivity contribution in [1.29, 1.82) is 0 Å². The van der Waals surface area contributed by atoms with Crippen LogP contribution in [-0.2, 0) is 15.8 Å². The molecule has 0 aliphatic carbocycles. The van der Waals surface area contributed by atoms with Crippen LogP contribution in [0.15, 0.2) is 24.0 Å². The molecule has 1 unspecified atom stereocenters. The average molecular weight is 495 g/mol. The first-order valence-electron chi connectivity index (χ1n) is 9.75. The summed E-state index contributed by atoms with van der Waals surface area (Å²) in [4.78, 5) is 49.2. The summed E-state index contributed by atoms with van der Waals surface area (Å²) in [6.45, 7) is 2.84. The van der Waals surface area contributed by atoms with Gasteiger partial charge in [0.2, 0.25) is 12.3 Å². The number of aryl methyl sites for hydroxylation is 1. The van der Waals surface area contributed by atoms with Gasteiger partial charge in [-0.3, -0.25) is 19.4 Å². The zero-order valence-electron chi connectivity index (χ0n) is 18.5. The van der Waals surface area contributed by atoms with Crippen LogP contribution in [0, 0.1) is 6.92 Å². The van der Waals surface area contributed by atoms with Crippen molar-refractivity contribution in [3.8, 4) is 10.6 Å². The number of rotatable bonds is 7. The van der Waals surface area contributed by atoms with E-state index in [-0.39, 0.29) is 22.9 Å². The van der Waals surface area contributed by atoms with Gasteiger partial charge in [0.25, 0.3) is 5.91 Å². The fourth-order valence-electron chi connectivity index (χ4n) is 3.10. The van der Waals surface area contributed by atoms with Gasteiger partial charge in [-0.1, -0.05) is 0 Å². The van der Waals surface area contributed by atoms with Crippen molar-refractivity contribution in [3.63, 3.8) is 0 Å². The molecule has 10 nitrogen and oxygen atoms in total. The van der Waals surface area contributed by atoms with Crippen molar-refractivity contribution in [2.45, 2.75) is 26.1 Å². The molecule has 0 fully saturated rings. The van der Waals surface area contributed by atoms with Gasteiger partial charge in [-0.25, -0.2) is 9.97 Å². The standard InChI is InChI=1S/C20H20F3N7O3S/c1-10-5-12(6-25-15(10)20(21,22)23)19-28-13(7-34-19)27-17(32)11(2)30-8-26-16(29(4)9-31)14(30)18(33)24-3/h5-9,11H,1-4H3,(H,24,33)(H,27,32). The van der Waals surface area contributed by atoms with Crippen molar-refractivity contribution < 1.29 is 27.6 Å². The van der Waals surface area contributed by atoms with Gasteiger partial charge in [-0.15, -0.1) is 11.3 Å². The molecule has 0 aromatic carbocycles. The number of pyridine rings is 1. The van der Waals surface area contributed by atoms with Crippen molar-refractivity contribution in [2.75, 3.05) is 24.3 Å². The molecule has 0 saturated carbocycles. The SMILES string of the molecule is CNC(=O)c1c(N(C)C=O)ncn1C(C)C(=O)Nc1csc(-c2cnc(C(F)(F)F)c(C)c2)n1. The summed E-state index contributed by atoms with van der Waals surface area (Å²) in [5, 5.41) is 6.97. The van der Waals surface area contributed by atoms with Crippen molar-refractivity contribution >= 4 is 41.2 Å². The summed E-state index contributed by atoms with van der Waals surface area (Å²) in [6.07, 6.45) is -1.72. The summed E-state index contributed by atoms with van der Waals surface area (Å²) in [5.41, 5.74) is -0.619. The van der Waals surface area contributed by atoms with Gasteiger partial charge < -0.3 is 20.1 Å². The third kappa shape index (κ3) is 4.90. The van der Waals surface area contributed by atoms with Crippen LogP contribution in [0.5, 0.6) is 0 Å². The van der Waals surface area contributed by atoms with Gasteiger partial charge >= 0.3 is 6.18 Å². The summed E-state index contributed by atoms with van der Waals surface area (Å²) in [6, 6.07) is 0.420. The molecule has 3 aromatic heterocycles. The van der Waals surface area contributed by atoms with E-state index in [1.807, 2.05) is 0 Å². The van der Waals surface area contributed by atoms with Crippen LogP contribution in [0.1, 0.15) is 34.7 Å². The van der Waals surface area contributed by atoms with Crippen molar-refractivity contribution in [3.05, 3.63) is 40.9 Å². The minimum absolute atomic E-state index is 0.0185. The molecule has 180 valence electrons. The van der Waals surface area contributed by atoms with Gasteiger partial charge in [0.15, 0.2) is 11.5 Å². The highest BCUT2D eigenvalue weighted by molar-refractivity contribution is 7.13. The molecule has 14 heteroatoms. The zero-order valence-corrected chi connectivity index (χ0v) is 19.3. The number of carbonyl (C=O) groups excluding carboxylic acids is 3. The Bertz CT molecular complexity index is 1240. The van der Waals surface area contributed by atoms with Crippen LogP contribution in [0.25, 0.3) is 10.6 Å². The van der Waals surface area contributed by atoms with E-state index >= 15 is 0 Å². The Hall–Kier alpha value is -3.81. The predicted octanol–water partition coefficient (Wildman–Crippen LogP) is 2.88. The van der Waals surface area contributed by atoms with E-state index in [1.165, 1.54) is 50.3 Å². The Morgan fingerprint density at radius 2 is 2.00 bits per heavy atom. The molecule has 3 rings (SSSR count). The highest BCUT2D eigenvalue weighted by Gasteiger charge is 2.34. The van der Waals surface area contributed by atoms with Crippen LogP contribution in [0.2, 0.25) is 0 Å². The number of carbonyl (C=O) groups is 3. The fraction of sp³-hybridized carbons (Fsp3) is 0.300. The number of nitrogens with one attached hydrogen (secondary N) is 2. The Labute approximate surface area is 195 Å². The molecule has 3 heterocycles. The molecule has 0 bridgehead atoms. The molecule has 0 spiro atoms. The number of hydrogen-bond acceptors (Lipinski definition) is 7. The first-order chi connectivity index (χ1) is 16.0. The van der Waals surface area contributed by atoms with Crippen LogP contribution < -0.4 is 15.5 Å². The largest absolute Gasteiger partial charge is 0.433 e. The number of amides is 3. The fourth-order valence-corrected chi connectivity index (χ4v) is 3.83. The predicted molar refractivity (Wildman–Crippen MR) is 119 cm³/mol. The lowest BCUT2D eigenvalue weighted by Gasteiger charge is -2.17. The van der Waals surface area contributed by atoms with E-state index in [1.54, 1.807) is 0 Å². The van der Waals surface area contributed by atoms with Crippen LogP contribution in [-0.4, -0.2) is 51.8 Å². The maximum Gasteiger partial charge on any atom is 0.433 e. The first-order valence-corrected chi connectivity index (χ1v) is 10.6. The molecule has 1 atom stereocenters. The number of imidazole rings is 1. The Balaban J connectivity index is 1.82. The molecular formula is C20H20F3N7O3S. The first kappa shape index (κ1) is 24.8. The number of nitrogens with zero attached hydrogens (tertiary/aromatic N) is 5. The molecule has 0 radical (unpaired) electrons. The lowest BCUT2D eigenvalue weighted by atomic mass is 10.1. The van der Waals surface area contributed by atoms with Gasteiger partial charge in [0.05, 0.1) is 6.33 Å². The summed E-state index contributed by atoms with van der Waals surface area (Å²) < 4.78 is 40.1. The highest BCUT2D eigenvalue weighted by atomic mass is 32.1. The van der Waals surface area contributed by atoms with Gasteiger partial charge in [-0.2, -0.15) is 13.2 Å². The second kappa shape index (κ2) is 9.59. The van der Waals surface area contributed by atoms with Crippen LogP contribution in [0.3, 0.4) is 0 Å².